The zero-order chi connectivity index (χ0) is 14.5. The molecule has 0 fully saturated rings. The van der Waals surface area contributed by atoms with Crippen LogP contribution in [0.1, 0.15) is 0 Å². The van der Waals surface area contributed by atoms with Gasteiger partial charge in [-0.2, -0.15) is 0 Å². The van der Waals surface area contributed by atoms with Crippen molar-refractivity contribution in [3.8, 4) is 17.1 Å². The lowest BCUT2D eigenvalue weighted by molar-refractivity contribution is 0.398. The Morgan fingerprint density at radius 1 is 0.952 bits per heavy atom. The Balaban J connectivity index is 1.89. The van der Waals surface area contributed by atoms with Gasteiger partial charge in [0.1, 0.15) is 0 Å². The average molecular weight is 279 g/mol. The zero-order valence-corrected chi connectivity index (χ0v) is 11.4. The Bertz CT molecular complexity index is 733. The molecule has 0 atom stereocenters. The summed E-state index contributed by atoms with van der Waals surface area (Å²) in [6.45, 7) is 0. The molecule has 21 heavy (non-hydrogen) atoms. The van der Waals surface area contributed by atoms with E-state index in [1.807, 2.05) is 30.3 Å². The molecule has 3 rings (SSSR count). The van der Waals surface area contributed by atoms with Gasteiger partial charge in [0.25, 0.3) is 0 Å². The smallest absolute Gasteiger partial charge is 0.227 e. The van der Waals surface area contributed by atoms with E-state index in [0.29, 0.717) is 11.8 Å². The van der Waals surface area contributed by atoms with Gasteiger partial charge in [-0.3, -0.25) is 4.98 Å². The molecule has 3 aromatic rings. The van der Waals surface area contributed by atoms with Gasteiger partial charge in [-0.05, 0) is 24.3 Å². The highest BCUT2D eigenvalue weighted by Gasteiger charge is 2.04. The summed E-state index contributed by atoms with van der Waals surface area (Å²) < 4.78 is 5.13. The minimum atomic E-state index is 0.523. The Kier molecular flexibility index (Phi) is 3.68. The standard InChI is InChI=1S/C15H13N5O/c1-21-14-10-11(2-8-17-14)13-5-9-18-15(20-13)19-12-3-6-16-7-4-12/h2-10H,1H3,(H,16,18,19,20). The highest BCUT2D eigenvalue weighted by molar-refractivity contribution is 5.62. The highest BCUT2D eigenvalue weighted by atomic mass is 16.5. The van der Waals surface area contributed by atoms with Gasteiger partial charge in [-0.15, -0.1) is 0 Å². The van der Waals surface area contributed by atoms with E-state index in [1.165, 1.54) is 0 Å². The number of aromatic nitrogens is 4. The summed E-state index contributed by atoms with van der Waals surface area (Å²) in [4.78, 5) is 16.8. The van der Waals surface area contributed by atoms with Crippen LogP contribution in [0.3, 0.4) is 0 Å². The van der Waals surface area contributed by atoms with Crippen LogP contribution in [0.2, 0.25) is 0 Å². The topological polar surface area (TPSA) is 72.8 Å². The van der Waals surface area contributed by atoms with Gasteiger partial charge in [0.2, 0.25) is 11.8 Å². The van der Waals surface area contributed by atoms with Gasteiger partial charge in [0.05, 0.1) is 12.8 Å². The molecule has 0 amide bonds. The van der Waals surface area contributed by atoms with Crippen LogP contribution in [0.25, 0.3) is 11.3 Å². The zero-order valence-electron chi connectivity index (χ0n) is 11.4. The largest absolute Gasteiger partial charge is 0.481 e. The maximum Gasteiger partial charge on any atom is 0.227 e. The van der Waals surface area contributed by atoms with Gasteiger partial charge < -0.3 is 10.1 Å². The van der Waals surface area contributed by atoms with Gasteiger partial charge in [0.15, 0.2) is 0 Å². The summed E-state index contributed by atoms with van der Waals surface area (Å²) in [5.74, 6) is 1.07. The fraction of sp³-hybridized carbons (Fsp3) is 0.0667. The van der Waals surface area contributed by atoms with Gasteiger partial charge >= 0.3 is 0 Å². The molecular weight excluding hydrogens is 266 g/mol. The molecular formula is C15H13N5O. The Morgan fingerprint density at radius 3 is 2.57 bits per heavy atom. The highest BCUT2D eigenvalue weighted by Crippen LogP contribution is 2.21. The Labute approximate surface area is 121 Å². The third-order valence-corrected chi connectivity index (χ3v) is 2.83. The number of nitrogens with one attached hydrogen (secondary N) is 1. The van der Waals surface area contributed by atoms with Crippen LogP contribution in [-0.4, -0.2) is 27.0 Å². The number of nitrogens with zero attached hydrogens (tertiary/aromatic N) is 4. The maximum atomic E-state index is 5.13. The molecule has 0 aromatic carbocycles. The fourth-order valence-corrected chi connectivity index (χ4v) is 1.82. The van der Waals surface area contributed by atoms with E-state index in [-0.39, 0.29) is 0 Å². The quantitative estimate of drug-likeness (QED) is 0.791. The summed E-state index contributed by atoms with van der Waals surface area (Å²) in [6, 6.07) is 9.25. The normalized spacial score (nSPS) is 10.1. The lowest BCUT2D eigenvalue weighted by Gasteiger charge is -2.07. The van der Waals surface area contributed by atoms with Crippen LogP contribution in [-0.2, 0) is 0 Å². The molecule has 104 valence electrons. The van der Waals surface area contributed by atoms with Crippen molar-refractivity contribution in [1.29, 1.82) is 0 Å². The number of pyridine rings is 2. The molecule has 0 saturated heterocycles. The molecule has 0 aliphatic carbocycles. The van der Waals surface area contributed by atoms with E-state index in [0.717, 1.165) is 16.9 Å². The third-order valence-electron chi connectivity index (χ3n) is 2.83. The van der Waals surface area contributed by atoms with E-state index < -0.39 is 0 Å². The monoisotopic (exact) mass is 279 g/mol. The summed E-state index contributed by atoms with van der Waals surface area (Å²) in [5, 5.41) is 3.13. The van der Waals surface area contributed by atoms with Crippen molar-refractivity contribution < 1.29 is 4.74 Å². The second kappa shape index (κ2) is 5.96. The molecule has 0 spiro atoms. The summed E-state index contributed by atoms with van der Waals surface area (Å²) in [7, 11) is 1.59. The molecule has 0 bridgehead atoms. The Morgan fingerprint density at radius 2 is 1.76 bits per heavy atom. The maximum absolute atomic E-state index is 5.13. The van der Waals surface area contributed by atoms with Crippen LogP contribution in [0.15, 0.2) is 55.1 Å². The minimum Gasteiger partial charge on any atom is -0.481 e. The van der Waals surface area contributed by atoms with Crippen LogP contribution in [0.5, 0.6) is 5.88 Å². The van der Waals surface area contributed by atoms with Crippen LogP contribution in [0, 0.1) is 0 Å². The van der Waals surface area contributed by atoms with Crippen molar-refractivity contribution in [3.63, 3.8) is 0 Å². The number of hydrogen-bond donors (Lipinski definition) is 1. The lowest BCUT2D eigenvalue weighted by Crippen LogP contribution is -1.98. The van der Waals surface area contributed by atoms with Crippen molar-refractivity contribution in [2.45, 2.75) is 0 Å². The molecule has 0 aliphatic heterocycles. The molecule has 3 aromatic heterocycles. The molecule has 0 unspecified atom stereocenters. The molecule has 6 heteroatoms. The van der Waals surface area contributed by atoms with Crippen LogP contribution >= 0.6 is 0 Å². The van der Waals surface area contributed by atoms with Crippen molar-refractivity contribution in [3.05, 3.63) is 55.1 Å². The first-order chi connectivity index (χ1) is 10.3. The van der Waals surface area contributed by atoms with E-state index in [4.69, 9.17) is 4.74 Å². The molecule has 3 heterocycles. The van der Waals surface area contributed by atoms with Crippen LogP contribution < -0.4 is 10.1 Å². The first-order valence-corrected chi connectivity index (χ1v) is 6.35. The van der Waals surface area contributed by atoms with Crippen molar-refractivity contribution >= 4 is 11.6 Å². The number of rotatable bonds is 4. The molecule has 1 N–H and O–H groups in total. The number of methoxy groups -OCH3 is 1. The van der Waals surface area contributed by atoms with Crippen molar-refractivity contribution in [1.82, 2.24) is 19.9 Å². The van der Waals surface area contributed by atoms with Gasteiger partial charge in [-0.1, -0.05) is 0 Å². The number of ether oxygens (including phenoxy) is 1. The third kappa shape index (κ3) is 3.11. The van der Waals surface area contributed by atoms with Gasteiger partial charge in [0, 0.05) is 42.1 Å². The van der Waals surface area contributed by atoms with E-state index in [9.17, 15) is 0 Å². The first kappa shape index (κ1) is 13.0. The van der Waals surface area contributed by atoms with Crippen molar-refractivity contribution in [2.24, 2.45) is 0 Å². The number of anilines is 2. The predicted molar refractivity (Wildman–Crippen MR) is 79.3 cm³/mol. The molecule has 6 nitrogen and oxygen atoms in total. The number of hydrogen-bond acceptors (Lipinski definition) is 6. The van der Waals surface area contributed by atoms with Crippen molar-refractivity contribution in [2.75, 3.05) is 12.4 Å². The minimum absolute atomic E-state index is 0.523. The van der Waals surface area contributed by atoms with Crippen LogP contribution in [0.4, 0.5) is 11.6 Å². The second-order valence-corrected chi connectivity index (χ2v) is 4.21. The first-order valence-electron chi connectivity index (χ1n) is 6.35. The van der Waals surface area contributed by atoms with Gasteiger partial charge in [-0.25, -0.2) is 15.0 Å². The average Bonchev–Trinajstić information content (AvgIpc) is 2.56. The molecule has 0 aliphatic rings. The predicted octanol–water partition coefficient (Wildman–Crippen LogP) is 2.69. The molecule has 0 saturated carbocycles. The SMILES string of the molecule is COc1cc(-c2ccnc(Nc3ccncc3)n2)ccn1. The summed E-state index contributed by atoms with van der Waals surface area (Å²) in [6.07, 6.45) is 6.81. The molecule has 0 radical (unpaired) electrons. The summed E-state index contributed by atoms with van der Waals surface area (Å²) in [5.41, 5.74) is 2.60. The summed E-state index contributed by atoms with van der Waals surface area (Å²) >= 11 is 0. The van der Waals surface area contributed by atoms with E-state index in [2.05, 4.69) is 25.3 Å². The Hall–Kier alpha value is -3.02. The van der Waals surface area contributed by atoms with E-state index >= 15 is 0 Å². The second-order valence-electron chi connectivity index (χ2n) is 4.21. The van der Waals surface area contributed by atoms with E-state index in [1.54, 1.807) is 31.9 Å². The lowest BCUT2D eigenvalue weighted by atomic mass is 10.2. The fourth-order valence-electron chi connectivity index (χ4n) is 1.82.